The van der Waals surface area contributed by atoms with Crippen LogP contribution in [0.1, 0.15) is 12.0 Å². The summed E-state index contributed by atoms with van der Waals surface area (Å²) in [6, 6.07) is 7.61. The molecule has 0 bridgehead atoms. The summed E-state index contributed by atoms with van der Waals surface area (Å²) in [6.45, 7) is 1.29. The van der Waals surface area contributed by atoms with E-state index in [1.807, 2.05) is 24.3 Å². The first kappa shape index (κ1) is 12.6. The Kier molecular flexibility index (Phi) is 3.94. The maximum absolute atomic E-state index is 11.6. The van der Waals surface area contributed by atoms with E-state index in [0.717, 1.165) is 11.3 Å². The highest BCUT2D eigenvalue weighted by Crippen LogP contribution is 2.17. The van der Waals surface area contributed by atoms with Crippen LogP contribution >= 0.6 is 0 Å². The predicted octanol–water partition coefficient (Wildman–Crippen LogP) is 0.468. The smallest absolute Gasteiger partial charge is 0.253 e. The third-order valence-electron chi connectivity index (χ3n) is 2.89. The van der Waals surface area contributed by atoms with E-state index in [9.17, 15) is 9.59 Å². The van der Waals surface area contributed by atoms with E-state index in [4.69, 9.17) is 10.5 Å². The van der Waals surface area contributed by atoms with Gasteiger partial charge in [-0.3, -0.25) is 9.59 Å². The minimum atomic E-state index is -0.303. The highest BCUT2D eigenvalue weighted by Gasteiger charge is 2.19. The summed E-state index contributed by atoms with van der Waals surface area (Å²) in [6.07, 6.45) is 0.975. The van der Waals surface area contributed by atoms with Gasteiger partial charge in [0.2, 0.25) is 5.91 Å². The second-order valence-corrected chi connectivity index (χ2v) is 4.23. The second-order valence-electron chi connectivity index (χ2n) is 4.23. The number of nitrogens with two attached hydrogens (primary N) is 1. The fourth-order valence-corrected chi connectivity index (χ4v) is 1.90. The van der Waals surface area contributed by atoms with E-state index in [-0.39, 0.29) is 18.4 Å². The summed E-state index contributed by atoms with van der Waals surface area (Å²) < 4.78 is 5.08. The Balaban J connectivity index is 2.02. The number of benzene rings is 1. The van der Waals surface area contributed by atoms with E-state index in [0.29, 0.717) is 26.0 Å². The van der Waals surface area contributed by atoms with Gasteiger partial charge in [0.05, 0.1) is 6.61 Å². The van der Waals surface area contributed by atoms with Crippen molar-refractivity contribution >= 4 is 17.5 Å². The zero-order valence-corrected chi connectivity index (χ0v) is 10.1. The zero-order valence-electron chi connectivity index (χ0n) is 10.1. The third-order valence-corrected chi connectivity index (χ3v) is 2.89. The van der Waals surface area contributed by atoms with Crippen molar-refractivity contribution in [3.05, 3.63) is 29.8 Å². The van der Waals surface area contributed by atoms with Gasteiger partial charge in [-0.2, -0.15) is 0 Å². The van der Waals surface area contributed by atoms with Gasteiger partial charge in [-0.25, -0.2) is 0 Å². The van der Waals surface area contributed by atoms with Gasteiger partial charge in [-0.05, 0) is 24.1 Å². The number of ether oxygens (including phenoxy) is 1. The number of anilines is 1. The molecule has 1 heterocycles. The Morgan fingerprint density at radius 1 is 1.33 bits per heavy atom. The van der Waals surface area contributed by atoms with Crippen LogP contribution in [0.4, 0.5) is 5.69 Å². The standard InChI is InChI=1S/C13H16N2O3/c14-12(16)6-3-10-1-4-11(5-2-10)15-7-8-18-9-13(15)17/h1-2,4-5H,3,6-9H2,(H2,14,16). The van der Waals surface area contributed by atoms with Crippen LogP contribution in [-0.4, -0.2) is 31.6 Å². The number of aryl methyl sites for hydroxylation is 1. The number of morpholine rings is 1. The summed E-state index contributed by atoms with van der Waals surface area (Å²) in [5.74, 6) is -0.325. The maximum Gasteiger partial charge on any atom is 0.253 e. The van der Waals surface area contributed by atoms with Crippen LogP contribution in [0.25, 0.3) is 0 Å². The lowest BCUT2D eigenvalue weighted by Crippen LogP contribution is -2.41. The van der Waals surface area contributed by atoms with Crippen LogP contribution in [0, 0.1) is 0 Å². The van der Waals surface area contributed by atoms with Crippen LogP contribution in [0.2, 0.25) is 0 Å². The second kappa shape index (κ2) is 5.64. The molecular weight excluding hydrogens is 232 g/mol. The van der Waals surface area contributed by atoms with Gasteiger partial charge in [0.15, 0.2) is 0 Å². The van der Waals surface area contributed by atoms with Crippen molar-refractivity contribution in [1.82, 2.24) is 0 Å². The summed E-state index contributed by atoms with van der Waals surface area (Å²) in [7, 11) is 0. The Bertz CT molecular complexity index is 442. The molecule has 5 nitrogen and oxygen atoms in total. The van der Waals surface area contributed by atoms with Crippen LogP contribution in [0.3, 0.4) is 0 Å². The van der Waals surface area contributed by atoms with Gasteiger partial charge in [-0.1, -0.05) is 12.1 Å². The van der Waals surface area contributed by atoms with Crippen LogP contribution < -0.4 is 10.6 Å². The first-order chi connectivity index (χ1) is 8.66. The first-order valence-corrected chi connectivity index (χ1v) is 5.92. The molecule has 0 unspecified atom stereocenters. The van der Waals surface area contributed by atoms with E-state index < -0.39 is 0 Å². The van der Waals surface area contributed by atoms with Gasteiger partial charge in [0, 0.05) is 18.7 Å². The molecule has 2 N–H and O–H groups in total. The zero-order chi connectivity index (χ0) is 13.0. The molecule has 2 rings (SSSR count). The van der Waals surface area contributed by atoms with Gasteiger partial charge in [0.1, 0.15) is 6.61 Å². The van der Waals surface area contributed by atoms with Crippen molar-refractivity contribution in [2.45, 2.75) is 12.8 Å². The summed E-state index contributed by atoms with van der Waals surface area (Å²) in [4.78, 5) is 24.0. The molecule has 1 aromatic rings. The topological polar surface area (TPSA) is 72.6 Å². The fourth-order valence-electron chi connectivity index (χ4n) is 1.90. The number of hydrogen-bond acceptors (Lipinski definition) is 3. The van der Waals surface area contributed by atoms with E-state index >= 15 is 0 Å². The summed E-state index contributed by atoms with van der Waals surface area (Å²) in [5, 5.41) is 0. The normalized spacial score (nSPS) is 15.8. The molecule has 1 fully saturated rings. The lowest BCUT2D eigenvalue weighted by atomic mass is 10.1. The Morgan fingerprint density at radius 3 is 2.67 bits per heavy atom. The average Bonchev–Trinajstić information content (AvgIpc) is 2.38. The SMILES string of the molecule is NC(=O)CCc1ccc(N2CCOCC2=O)cc1. The van der Waals surface area contributed by atoms with E-state index in [1.165, 1.54) is 0 Å². The molecule has 1 aliphatic rings. The summed E-state index contributed by atoms with van der Waals surface area (Å²) >= 11 is 0. The van der Waals surface area contributed by atoms with Crippen LogP contribution in [0.5, 0.6) is 0 Å². The minimum Gasteiger partial charge on any atom is -0.370 e. The molecule has 18 heavy (non-hydrogen) atoms. The molecule has 1 aromatic carbocycles. The highest BCUT2D eigenvalue weighted by atomic mass is 16.5. The molecule has 0 radical (unpaired) electrons. The minimum absolute atomic E-state index is 0.0221. The molecule has 0 aromatic heterocycles. The Labute approximate surface area is 106 Å². The molecule has 1 saturated heterocycles. The molecule has 1 aliphatic heterocycles. The molecular formula is C13H16N2O3. The van der Waals surface area contributed by atoms with Crippen LogP contribution in [0.15, 0.2) is 24.3 Å². The lowest BCUT2D eigenvalue weighted by Gasteiger charge is -2.26. The van der Waals surface area contributed by atoms with Crippen molar-refractivity contribution in [2.75, 3.05) is 24.7 Å². The molecule has 96 valence electrons. The summed E-state index contributed by atoms with van der Waals surface area (Å²) in [5.41, 5.74) is 7.01. The fraction of sp³-hybridized carbons (Fsp3) is 0.385. The van der Waals surface area contributed by atoms with Crippen molar-refractivity contribution in [3.8, 4) is 0 Å². The lowest BCUT2D eigenvalue weighted by molar-refractivity contribution is -0.125. The number of rotatable bonds is 4. The molecule has 5 heteroatoms. The van der Waals surface area contributed by atoms with Crippen LogP contribution in [-0.2, 0) is 20.7 Å². The first-order valence-electron chi connectivity index (χ1n) is 5.92. The van der Waals surface area contributed by atoms with Crippen molar-refractivity contribution in [3.63, 3.8) is 0 Å². The van der Waals surface area contributed by atoms with Gasteiger partial charge in [0.25, 0.3) is 5.91 Å². The number of primary amides is 1. The molecule has 2 amide bonds. The molecule has 0 saturated carbocycles. The van der Waals surface area contributed by atoms with Gasteiger partial charge < -0.3 is 15.4 Å². The monoisotopic (exact) mass is 248 g/mol. The molecule has 0 spiro atoms. The van der Waals surface area contributed by atoms with E-state index in [2.05, 4.69) is 0 Å². The highest BCUT2D eigenvalue weighted by molar-refractivity contribution is 5.94. The van der Waals surface area contributed by atoms with Gasteiger partial charge in [-0.15, -0.1) is 0 Å². The van der Waals surface area contributed by atoms with Gasteiger partial charge >= 0.3 is 0 Å². The number of carbonyl (C=O) groups is 2. The third kappa shape index (κ3) is 3.07. The quantitative estimate of drug-likeness (QED) is 0.841. The average molecular weight is 248 g/mol. The van der Waals surface area contributed by atoms with Crippen molar-refractivity contribution < 1.29 is 14.3 Å². The molecule has 0 aliphatic carbocycles. The largest absolute Gasteiger partial charge is 0.370 e. The number of carbonyl (C=O) groups excluding carboxylic acids is 2. The van der Waals surface area contributed by atoms with Crippen molar-refractivity contribution in [1.29, 1.82) is 0 Å². The molecule has 0 atom stereocenters. The predicted molar refractivity (Wildman–Crippen MR) is 67.1 cm³/mol. The number of amides is 2. The van der Waals surface area contributed by atoms with E-state index in [1.54, 1.807) is 4.90 Å². The Morgan fingerprint density at radius 2 is 2.06 bits per heavy atom. The maximum atomic E-state index is 11.6. The van der Waals surface area contributed by atoms with Crippen molar-refractivity contribution in [2.24, 2.45) is 5.73 Å². The number of nitrogens with zero attached hydrogens (tertiary/aromatic N) is 1. The number of hydrogen-bond donors (Lipinski definition) is 1. The Hall–Kier alpha value is -1.88.